The minimum Gasteiger partial charge on any atom is -0.382 e. The fraction of sp³-hybridized carbons (Fsp3) is 0.667. The van der Waals surface area contributed by atoms with Gasteiger partial charge in [-0.05, 0) is 0 Å². The van der Waals surface area contributed by atoms with Crippen molar-refractivity contribution in [3.8, 4) is 12.3 Å². The van der Waals surface area contributed by atoms with E-state index in [0.29, 0.717) is 5.06 Å². The zero-order chi connectivity index (χ0) is 13.5. The first kappa shape index (κ1) is 16.1. The fourth-order valence-corrected chi connectivity index (χ4v) is 1.33. The molecule has 0 aliphatic rings. The summed E-state index contributed by atoms with van der Waals surface area (Å²) >= 11 is 0. The van der Waals surface area contributed by atoms with Crippen molar-refractivity contribution in [1.29, 1.82) is 0 Å². The van der Waals surface area contributed by atoms with Gasteiger partial charge in [0.25, 0.3) is 0 Å². The minimum atomic E-state index is -3.58. The third kappa shape index (κ3) is 7.10. The Kier molecular flexibility index (Phi) is 7.04. The van der Waals surface area contributed by atoms with E-state index in [2.05, 4.69) is 11.2 Å². The van der Waals surface area contributed by atoms with Crippen molar-refractivity contribution in [2.75, 3.05) is 19.9 Å². The Morgan fingerprint density at radius 3 is 2.71 bits per heavy atom. The minimum absolute atomic E-state index is 0.0174. The van der Waals surface area contributed by atoms with E-state index in [-0.39, 0.29) is 26.1 Å². The topological polar surface area (TPSA) is 110 Å². The molecule has 0 saturated carbocycles. The van der Waals surface area contributed by atoms with Crippen molar-refractivity contribution in [2.24, 2.45) is 0 Å². The second-order valence-corrected chi connectivity index (χ2v) is 6.02. The number of aliphatic hydroxyl groups excluding tert-OH is 1. The third-order valence-corrected chi connectivity index (χ3v) is 3.20. The number of hydrogen-bond donors (Lipinski definition) is 4. The number of terminal acetylenes is 1. The Hall–Kier alpha value is -0.900. The molecule has 2 atom stereocenters. The Morgan fingerprint density at radius 2 is 2.24 bits per heavy atom. The summed E-state index contributed by atoms with van der Waals surface area (Å²) in [5, 5.41) is 21.3. The van der Waals surface area contributed by atoms with Crippen molar-refractivity contribution in [3.05, 3.63) is 0 Å². The third-order valence-electron chi connectivity index (χ3n) is 1.91. The summed E-state index contributed by atoms with van der Waals surface area (Å²) < 4.78 is 11.0. The zero-order valence-electron chi connectivity index (χ0n) is 9.54. The molecule has 0 aromatic heterocycles. The average molecular weight is 264 g/mol. The molecule has 0 radical (unpaired) electrons. The lowest BCUT2D eigenvalue weighted by Gasteiger charge is -2.18. The molecular formula is C9H17N2O5P. The van der Waals surface area contributed by atoms with Crippen LogP contribution in [0.25, 0.3) is 0 Å². The zero-order valence-corrected chi connectivity index (χ0v) is 10.4. The van der Waals surface area contributed by atoms with E-state index in [1.165, 1.54) is 0 Å². The maximum atomic E-state index is 11.1. The number of rotatable bonds is 7. The highest BCUT2D eigenvalue weighted by Crippen LogP contribution is 2.39. The molecule has 1 amide bonds. The maximum absolute atomic E-state index is 11.1. The highest BCUT2D eigenvalue weighted by atomic mass is 31.2. The summed E-state index contributed by atoms with van der Waals surface area (Å²) in [5.74, 6) is 0.264. The molecule has 0 spiro atoms. The molecule has 0 rings (SSSR count). The summed E-state index contributed by atoms with van der Waals surface area (Å²) in [4.78, 5) is 20.1. The predicted octanol–water partition coefficient (Wildman–Crippen LogP) is -0.617. The second-order valence-electron chi connectivity index (χ2n) is 3.53. The molecule has 0 fully saturated rings. The Bertz CT molecular complexity index is 335. The molecule has 0 saturated heterocycles. The van der Waals surface area contributed by atoms with Gasteiger partial charge < -0.3 is 10.00 Å². The number of carbonyl (C=O) groups is 1. The van der Waals surface area contributed by atoms with Crippen LogP contribution in [-0.2, 0) is 9.36 Å². The highest BCUT2D eigenvalue weighted by molar-refractivity contribution is 7.57. The highest BCUT2D eigenvalue weighted by Gasteiger charge is 2.22. The summed E-state index contributed by atoms with van der Waals surface area (Å²) in [6, 6.07) is 0. The quantitative estimate of drug-likeness (QED) is 0.160. The van der Waals surface area contributed by atoms with E-state index in [1.54, 1.807) is 0 Å². The van der Waals surface area contributed by atoms with Gasteiger partial charge in [-0.2, -0.15) is 0 Å². The van der Waals surface area contributed by atoms with Crippen LogP contribution in [-0.4, -0.2) is 51.9 Å². The number of aliphatic hydroxyl groups is 1. The molecule has 2 unspecified atom stereocenters. The first-order valence-electron chi connectivity index (χ1n) is 4.90. The molecule has 0 aromatic carbocycles. The predicted molar refractivity (Wildman–Crippen MR) is 61.3 cm³/mol. The van der Waals surface area contributed by atoms with E-state index in [4.69, 9.17) is 11.3 Å². The van der Waals surface area contributed by atoms with Gasteiger partial charge in [0.1, 0.15) is 5.85 Å². The number of hydroxylamine groups is 2. The van der Waals surface area contributed by atoms with Gasteiger partial charge in [-0.1, -0.05) is 0 Å². The number of amides is 1. The van der Waals surface area contributed by atoms with Crippen LogP contribution in [0, 0.1) is 12.3 Å². The summed E-state index contributed by atoms with van der Waals surface area (Å²) in [7, 11) is -3.58. The lowest BCUT2D eigenvalue weighted by Crippen LogP contribution is -2.39. The molecule has 0 aliphatic carbocycles. The Balaban J connectivity index is 3.86. The molecule has 0 aliphatic heterocycles. The van der Waals surface area contributed by atoms with Gasteiger partial charge in [-0.3, -0.25) is 19.9 Å². The average Bonchev–Trinajstić information content (AvgIpc) is 2.24. The van der Waals surface area contributed by atoms with Gasteiger partial charge in [-0.15, -0.1) is 12.3 Å². The maximum Gasteiger partial charge on any atom is 0.248 e. The molecular weight excluding hydrogens is 247 g/mol. The van der Waals surface area contributed by atoms with Crippen LogP contribution in [0.3, 0.4) is 0 Å². The van der Waals surface area contributed by atoms with E-state index in [9.17, 15) is 19.7 Å². The van der Waals surface area contributed by atoms with E-state index < -0.39 is 19.1 Å². The van der Waals surface area contributed by atoms with Gasteiger partial charge in [-0.25, -0.2) is 5.06 Å². The van der Waals surface area contributed by atoms with Crippen LogP contribution in [0.15, 0.2) is 0 Å². The summed E-state index contributed by atoms with van der Waals surface area (Å²) in [6.45, 7) is 0.568. The van der Waals surface area contributed by atoms with Gasteiger partial charge in [0, 0.05) is 26.1 Å². The molecule has 0 heterocycles. The normalized spacial score (nSPS) is 15.7. The molecule has 4 N–H and O–H groups in total. The van der Waals surface area contributed by atoms with Crippen molar-refractivity contribution < 1.29 is 24.6 Å². The van der Waals surface area contributed by atoms with Crippen LogP contribution in [0.4, 0.5) is 0 Å². The van der Waals surface area contributed by atoms with Crippen molar-refractivity contribution in [2.45, 2.75) is 18.7 Å². The van der Waals surface area contributed by atoms with Crippen LogP contribution in [0.2, 0.25) is 0 Å². The molecule has 98 valence electrons. The molecule has 7 nitrogen and oxygen atoms in total. The van der Waals surface area contributed by atoms with Crippen LogP contribution in [0.5, 0.6) is 0 Å². The van der Waals surface area contributed by atoms with E-state index in [1.807, 2.05) is 0 Å². The van der Waals surface area contributed by atoms with E-state index in [0.717, 1.165) is 6.66 Å². The van der Waals surface area contributed by atoms with Crippen LogP contribution < -0.4 is 5.32 Å². The van der Waals surface area contributed by atoms with E-state index >= 15 is 0 Å². The Morgan fingerprint density at radius 1 is 1.65 bits per heavy atom. The SMILES string of the molecule is C#CCCC(=O)N(O)CNCC(O)P(C)(=O)O. The smallest absolute Gasteiger partial charge is 0.248 e. The number of hydrogen-bond acceptors (Lipinski definition) is 5. The number of carbonyl (C=O) groups excluding carboxylic acids is 1. The van der Waals surface area contributed by atoms with Crippen LogP contribution in [0.1, 0.15) is 12.8 Å². The first-order valence-corrected chi connectivity index (χ1v) is 7.08. The van der Waals surface area contributed by atoms with Crippen LogP contribution >= 0.6 is 7.37 Å². The Labute approximate surface area is 99.8 Å². The summed E-state index contributed by atoms with van der Waals surface area (Å²) in [5.41, 5.74) is 0. The molecule has 8 heteroatoms. The summed E-state index contributed by atoms with van der Waals surface area (Å²) in [6.07, 6.45) is 5.19. The first-order chi connectivity index (χ1) is 7.79. The number of nitrogens with one attached hydrogen (secondary N) is 1. The number of nitrogens with zero attached hydrogens (tertiary/aromatic N) is 1. The molecule has 17 heavy (non-hydrogen) atoms. The molecule has 0 aromatic rings. The molecule has 0 bridgehead atoms. The van der Waals surface area contributed by atoms with Crippen molar-refractivity contribution in [1.82, 2.24) is 10.4 Å². The van der Waals surface area contributed by atoms with Gasteiger partial charge in [0.15, 0.2) is 0 Å². The lowest BCUT2D eigenvalue weighted by atomic mass is 10.3. The lowest BCUT2D eigenvalue weighted by molar-refractivity contribution is -0.166. The van der Waals surface area contributed by atoms with Crippen molar-refractivity contribution in [3.63, 3.8) is 0 Å². The largest absolute Gasteiger partial charge is 0.382 e. The van der Waals surface area contributed by atoms with Crippen molar-refractivity contribution >= 4 is 13.3 Å². The second kappa shape index (κ2) is 7.43. The van der Waals surface area contributed by atoms with Gasteiger partial charge in [0.05, 0.1) is 6.67 Å². The van der Waals surface area contributed by atoms with Gasteiger partial charge in [0.2, 0.25) is 13.3 Å². The van der Waals surface area contributed by atoms with Gasteiger partial charge >= 0.3 is 0 Å². The fourth-order valence-electron chi connectivity index (χ4n) is 0.865. The monoisotopic (exact) mass is 264 g/mol. The standard InChI is InChI=1S/C9H17N2O5P/c1-3-4-5-8(12)11(14)7-10-6-9(13)17(2,15)16/h1,9-10,13-14H,4-7H2,2H3,(H,15,16).